The second-order valence-electron chi connectivity index (χ2n) is 15.6. The van der Waals surface area contributed by atoms with Crippen LogP contribution in [0.4, 0.5) is 5.82 Å². The number of fused-ring (bicyclic) bond motifs is 4. The number of aromatic nitrogens is 6. The Balaban J connectivity index is 0.000000228. The van der Waals surface area contributed by atoms with Crippen LogP contribution in [0.1, 0.15) is 24.0 Å². The van der Waals surface area contributed by atoms with Crippen LogP contribution in [0.2, 0.25) is 10.0 Å². The molecule has 0 fully saturated rings. The summed E-state index contributed by atoms with van der Waals surface area (Å²) < 4.78 is 19.5. The number of halogens is 2. The van der Waals surface area contributed by atoms with E-state index in [2.05, 4.69) is 98.2 Å². The number of nitrogens with zero attached hydrogens (tertiary/aromatic N) is 7. The van der Waals surface area contributed by atoms with E-state index in [0.717, 1.165) is 116 Å². The molecule has 8 aromatic rings. The molecule has 2 radical (unpaired) electrons. The largest absolute Gasteiger partial charge is 0 e. The minimum absolute atomic E-state index is 0. The molecule has 0 bridgehead atoms. The number of H-pyrrole nitrogens is 1. The normalized spacial score (nSPS) is 11.5. The number of anilines is 1. The molecule has 0 amide bonds. The van der Waals surface area contributed by atoms with Gasteiger partial charge in [-0.2, -0.15) is 0 Å². The van der Waals surface area contributed by atoms with Crippen molar-refractivity contribution < 1.29 is 35.8 Å². The number of nitrogens with one attached hydrogen (secondary N) is 2. The van der Waals surface area contributed by atoms with Crippen molar-refractivity contribution in [3.63, 3.8) is 0 Å². The summed E-state index contributed by atoms with van der Waals surface area (Å²) in [7, 11) is 15.3. The topological polar surface area (TPSA) is 143 Å². The zero-order chi connectivity index (χ0) is 46.7. The molecule has 64 heavy (non-hydrogen) atoms. The van der Waals surface area contributed by atoms with Gasteiger partial charge in [0.25, 0.3) is 5.56 Å². The Hall–Kier alpha value is -3.89. The van der Waals surface area contributed by atoms with Gasteiger partial charge in [-0.1, -0.05) is 71.7 Å². The molecule has 4 N–H and O–H groups in total. The van der Waals surface area contributed by atoms with Gasteiger partial charge in [0.05, 0.1) is 37.5 Å². The monoisotopic (exact) mass is 1140 g/mol. The summed E-state index contributed by atoms with van der Waals surface area (Å²) in [5.74, 6) is 2.16. The number of rotatable bonds is 11. The predicted molar refractivity (Wildman–Crippen MR) is 270 cm³/mol. The smallest absolute Gasteiger partial charge is 0 e. The average molecular weight is 1140 g/mol. The molecule has 1 unspecified atom stereocenters. The van der Waals surface area contributed by atoms with E-state index >= 15 is 0 Å². The molecule has 0 saturated heterocycles. The second kappa shape index (κ2) is 25.1. The third kappa shape index (κ3) is 13.1. The Morgan fingerprint density at radius 3 is 1.80 bits per heavy atom. The van der Waals surface area contributed by atoms with Gasteiger partial charge in [-0.05, 0) is 110 Å². The Labute approximate surface area is 414 Å². The fourth-order valence-electron chi connectivity index (χ4n) is 7.20. The fraction of sp³-hybridized carbons (Fsp3) is 0.304. The number of para-hydroxylation sites is 4. The molecule has 0 aliphatic carbocycles. The van der Waals surface area contributed by atoms with E-state index in [1.807, 2.05) is 78.8 Å². The molecule has 0 aliphatic rings. The Kier molecular flexibility index (Phi) is 20.1. The van der Waals surface area contributed by atoms with Gasteiger partial charge in [0.15, 0.2) is 5.82 Å². The molecule has 0 spiro atoms. The zero-order valence-electron chi connectivity index (χ0n) is 38.7. The van der Waals surface area contributed by atoms with E-state index < -0.39 is 8.28 Å². The summed E-state index contributed by atoms with van der Waals surface area (Å²) in [6.45, 7) is 8.28. The van der Waals surface area contributed by atoms with Crippen LogP contribution in [0.25, 0.3) is 66.4 Å². The van der Waals surface area contributed by atoms with Crippen LogP contribution in [0.15, 0.2) is 90.0 Å². The van der Waals surface area contributed by atoms with Gasteiger partial charge in [0, 0.05) is 91.4 Å². The van der Waals surface area contributed by atoms with Crippen molar-refractivity contribution in [3.05, 3.63) is 117 Å². The quantitative estimate of drug-likeness (QED) is 0.0659. The molecule has 330 valence electrons. The van der Waals surface area contributed by atoms with Gasteiger partial charge in [-0.25, -0.2) is 15.0 Å². The van der Waals surface area contributed by atoms with E-state index in [4.69, 9.17) is 40.2 Å². The first kappa shape index (κ1) is 51.1. The maximum Gasteiger partial charge on any atom is 0 e. The maximum absolute atomic E-state index is 12.4. The van der Waals surface area contributed by atoms with Gasteiger partial charge >= 0.3 is 28.7 Å². The van der Waals surface area contributed by atoms with E-state index in [9.17, 15) is 9.50 Å². The first-order valence-corrected chi connectivity index (χ1v) is 22.3. The average Bonchev–Trinajstić information content (AvgIpc) is 3.80. The minimum atomic E-state index is -1.53. The van der Waals surface area contributed by atoms with Crippen LogP contribution >= 0.6 is 31.5 Å². The number of hydrogen-bond donors (Lipinski definition) is 3. The van der Waals surface area contributed by atoms with Gasteiger partial charge in [0.2, 0.25) is 0 Å². The van der Waals surface area contributed by atoms with Crippen molar-refractivity contribution in [2.24, 2.45) is 19.8 Å². The van der Waals surface area contributed by atoms with Crippen molar-refractivity contribution in [2.45, 2.75) is 26.7 Å². The van der Waals surface area contributed by atoms with Gasteiger partial charge in [-0.3, -0.25) is 4.79 Å². The number of benzene rings is 4. The van der Waals surface area contributed by atoms with Crippen LogP contribution in [0.3, 0.4) is 0 Å². The first-order chi connectivity index (χ1) is 30.6. The fourth-order valence-corrected chi connectivity index (χ4v) is 7.81. The molecular weight excluding hydrogens is 1090 g/mol. The maximum atomic E-state index is 12.4. The molecule has 4 aromatic carbocycles. The molecule has 0 aliphatic heterocycles. The molecule has 8 rings (SSSR count). The summed E-state index contributed by atoms with van der Waals surface area (Å²) in [5.41, 5.74) is 12.7. The van der Waals surface area contributed by atoms with Crippen molar-refractivity contribution >= 4 is 95.3 Å². The number of hydrogen-bond acceptors (Lipinski definition) is 9. The van der Waals surface area contributed by atoms with E-state index in [0.29, 0.717) is 23.1 Å². The zero-order valence-corrected chi connectivity index (χ0v) is 44.3. The molecule has 4 aromatic heterocycles. The summed E-state index contributed by atoms with van der Waals surface area (Å²) in [6, 6.07) is 23.6. The van der Waals surface area contributed by atoms with Gasteiger partial charge < -0.3 is 35.0 Å². The molecule has 4 heterocycles. The first-order valence-electron chi connectivity index (χ1n) is 21.0. The Bertz CT molecular complexity index is 2930. The molecule has 1 atom stereocenters. The number of aryl methyl sites for hydroxylation is 4. The van der Waals surface area contributed by atoms with Crippen LogP contribution in [0, 0.1) is 45.0 Å². The third-order valence-corrected chi connectivity index (χ3v) is 10.9. The Morgan fingerprint density at radius 1 is 0.781 bits per heavy atom. The predicted octanol–water partition coefficient (Wildman–Crippen LogP) is 8.77. The second-order valence-corrected chi connectivity index (χ2v) is 16.9. The van der Waals surface area contributed by atoms with Crippen LogP contribution in [-0.2, 0) is 18.8 Å². The van der Waals surface area contributed by atoms with E-state index in [1.165, 1.54) is 0 Å². The Morgan fingerprint density at radius 2 is 1.27 bits per heavy atom. The summed E-state index contributed by atoms with van der Waals surface area (Å²) in [4.78, 5) is 34.2. The van der Waals surface area contributed by atoms with E-state index in [-0.39, 0.29) is 36.7 Å². The van der Waals surface area contributed by atoms with Crippen LogP contribution < -0.4 is 16.6 Å². The van der Waals surface area contributed by atoms with Crippen molar-refractivity contribution in [3.8, 4) is 22.8 Å². The summed E-state index contributed by atoms with van der Waals surface area (Å²) in [6.07, 6.45) is 6.15. The summed E-state index contributed by atoms with van der Waals surface area (Å²) >= 11 is 12.7. The standard InChI is InChI=1S/C23H26ClN5.C18H14ClN3O.C5H14N2.B2HOP.U/c1-15-8-5-10-17-20(15)26-23(27-22(17)25-12-7-13-28(2)3)18-14-29(4)21-16(18)9-6-11-19(21)24;1-10-5-3-7-12-15(10)20-17(21-18(12)23)13-9-22(2)16-11(13)6-4-8-14(16)19;1-7(2)5-3-4-6;1-4-2-3;/h5-6,8-11,14H,7,12-13H2,1-4H3,(H,25,26,27);3-9H,1-2H3,(H,20,21,23);3-6H2,1-2H3;4H;/i;;;4D;. The minimum Gasteiger partial charge on any atom is 0 e. The molecule has 12 nitrogen and oxygen atoms in total. The number of aromatic amines is 1. The van der Waals surface area contributed by atoms with Crippen molar-refractivity contribution in [2.75, 3.05) is 59.7 Å². The molecule has 0 saturated carbocycles. The number of nitrogens with two attached hydrogens (primary N) is 1. The van der Waals surface area contributed by atoms with Gasteiger partial charge in [0.1, 0.15) is 11.6 Å². The van der Waals surface area contributed by atoms with E-state index in [1.54, 1.807) is 6.07 Å². The van der Waals surface area contributed by atoms with Crippen LogP contribution in [0.5, 0.6) is 0 Å². The van der Waals surface area contributed by atoms with Gasteiger partial charge in [-0.15, -0.1) is 0 Å². The van der Waals surface area contributed by atoms with Crippen molar-refractivity contribution in [1.82, 2.24) is 38.9 Å². The van der Waals surface area contributed by atoms with Crippen LogP contribution in [-0.4, -0.2) is 109 Å². The summed E-state index contributed by atoms with van der Waals surface area (Å²) in [5, 5.41) is 8.63. The molecule has 18 heteroatoms. The molecular formula is C46H55B2Cl2N10O2PU. The third-order valence-electron chi connectivity index (χ3n) is 10.2. The SMILES string of the molecule is CN(C)CCCN.Cc1cccc2c(=O)[nH]c(-c3cn(C)c4c(Cl)cccc34)nc12.Cc1cccc2c(NCCCN(C)C)nc(-c3cn(C)c4c(Cl)cccc34)nc12.[2H]P([B])B=O.[U]. The van der Waals surface area contributed by atoms with Crippen molar-refractivity contribution in [1.29, 1.82) is 1.28 Å².